The summed E-state index contributed by atoms with van der Waals surface area (Å²) in [4.78, 5) is 4.54. The fourth-order valence-corrected chi connectivity index (χ4v) is 2.97. The molecule has 88 valence electrons. The molecule has 2 atom stereocenters. The third kappa shape index (κ3) is 1.93. The second-order valence-electron chi connectivity index (χ2n) is 4.98. The molecule has 2 nitrogen and oxygen atoms in total. The lowest BCUT2D eigenvalue weighted by Crippen LogP contribution is -2.31. The number of hydrogen-bond acceptors (Lipinski definition) is 2. The molecular formula is C15H18N2. The lowest BCUT2D eigenvalue weighted by atomic mass is 9.80. The molecule has 1 heterocycles. The third-order valence-corrected chi connectivity index (χ3v) is 3.88. The maximum atomic E-state index is 6.27. The van der Waals surface area contributed by atoms with Crippen molar-refractivity contribution in [2.24, 2.45) is 5.73 Å². The Kier molecular flexibility index (Phi) is 2.81. The Balaban J connectivity index is 2.10. The van der Waals surface area contributed by atoms with Gasteiger partial charge >= 0.3 is 0 Å². The Bertz CT molecular complexity index is 516. The highest BCUT2D eigenvalue weighted by Crippen LogP contribution is 2.34. The van der Waals surface area contributed by atoms with Crippen LogP contribution in [0.25, 0.3) is 10.9 Å². The van der Waals surface area contributed by atoms with E-state index in [9.17, 15) is 0 Å². The van der Waals surface area contributed by atoms with Crippen LogP contribution in [0.15, 0.2) is 36.5 Å². The number of para-hydroxylation sites is 1. The topological polar surface area (TPSA) is 38.9 Å². The highest BCUT2D eigenvalue weighted by Gasteiger charge is 2.24. The van der Waals surface area contributed by atoms with E-state index in [1.165, 1.54) is 30.2 Å². The molecule has 0 aliphatic heterocycles. The summed E-state index contributed by atoms with van der Waals surface area (Å²) in [6, 6.07) is 10.9. The monoisotopic (exact) mass is 226 g/mol. The molecule has 1 fully saturated rings. The summed E-state index contributed by atoms with van der Waals surface area (Å²) in [5, 5.41) is 1.22. The smallest absolute Gasteiger partial charge is 0.0737 e. The van der Waals surface area contributed by atoms with E-state index in [1.807, 2.05) is 12.3 Å². The SMILES string of the molecule is NC1CCCCC1c1cccc2cccnc12. The van der Waals surface area contributed by atoms with Gasteiger partial charge in [-0.2, -0.15) is 0 Å². The maximum Gasteiger partial charge on any atom is 0.0737 e. The average Bonchev–Trinajstić information content (AvgIpc) is 2.39. The van der Waals surface area contributed by atoms with E-state index in [2.05, 4.69) is 29.2 Å². The molecule has 2 heteroatoms. The molecular weight excluding hydrogens is 208 g/mol. The number of pyridine rings is 1. The number of fused-ring (bicyclic) bond motifs is 1. The van der Waals surface area contributed by atoms with Crippen molar-refractivity contribution >= 4 is 10.9 Å². The Hall–Kier alpha value is -1.41. The van der Waals surface area contributed by atoms with Gasteiger partial charge in [0.15, 0.2) is 0 Å². The number of nitrogens with zero attached hydrogens (tertiary/aromatic N) is 1. The quantitative estimate of drug-likeness (QED) is 0.811. The zero-order valence-electron chi connectivity index (χ0n) is 9.97. The molecule has 0 radical (unpaired) electrons. The lowest BCUT2D eigenvalue weighted by molar-refractivity contribution is 0.387. The zero-order valence-corrected chi connectivity index (χ0v) is 9.97. The summed E-state index contributed by atoms with van der Waals surface area (Å²) in [5.74, 6) is 0.488. The van der Waals surface area contributed by atoms with Gasteiger partial charge < -0.3 is 5.73 Å². The van der Waals surface area contributed by atoms with E-state index in [4.69, 9.17) is 5.73 Å². The van der Waals surface area contributed by atoms with Crippen molar-refractivity contribution in [2.45, 2.75) is 37.6 Å². The predicted molar refractivity (Wildman–Crippen MR) is 70.9 cm³/mol. The van der Waals surface area contributed by atoms with Gasteiger partial charge in [-0.25, -0.2) is 0 Å². The molecule has 2 aromatic rings. The fourth-order valence-electron chi connectivity index (χ4n) is 2.97. The van der Waals surface area contributed by atoms with Crippen LogP contribution in [0.2, 0.25) is 0 Å². The number of hydrogen-bond donors (Lipinski definition) is 1. The second kappa shape index (κ2) is 4.46. The van der Waals surface area contributed by atoms with Crippen LogP contribution in [0, 0.1) is 0 Å². The Morgan fingerprint density at radius 2 is 1.88 bits per heavy atom. The molecule has 2 N–H and O–H groups in total. The first-order chi connectivity index (χ1) is 8.36. The van der Waals surface area contributed by atoms with Crippen molar-refractivity contribution in [3.8, 4) is 0 Å². The molecule has 1 aromatic carbocycles. The van der Waals surface area contributed by atoms with Crippen LogP contribution < -0.4 is 5.73 Å². The van der Waals surface area contributed by atoms with Gasteiger partial charge in [0.05, 0.1) is 5.52 Å². The minimum Gasteiger partial charge on any atom is -0.327 e. The molecule has 1 saturated carbocycles. The number of nitrogens with two attached hydrogens (primary N) is 1. The Morgan fingerprint density at radius 3 is 2.76 bits per heavy atom. The van der Waals surface area contributed by atoms with Crippen LogP contribution in [0.1, 0.15) is 37.2 Å². The fraction of sp³-hybridized carbons (Fsp3) is 0.400. The van der Waals surface area contributed by atoms with E-state index in [1.54, 1.807) is 0 Å². The third-order valence-electron chi connectivity index (χ3n) is 3.88. The highest BCUT2D eigenvalue weighted by atomic mass is 14.7. The molecule has 1 aromatic heterocycles. The van der Waals surface area contributed by atoms with Crippen LogP contribution in [-0.4, -0.2) is 11.0 Å². The standard InChI is InChI=1S/C15H18N2/c16-14-9-2-1-7-12(14)13-8-3-5-11-6-4-10-17-15(11)13/h3-6,8,10,12,14H,1-2,7,9,16H2. The molecule has 1 aliphatic carbocycles. The first kappa shape index (κ1) is 10.7. The number of rotatable bonds is 1. The summed E-state index contributed by atoms with van der Waals surface area (Å²) in [6.45, 7) is 0. The highest BCUT2D eigenvalue weighted by molar-refractivity contribution is 5.82. The second-order valence-corrected chi connectivity index (χ2v) is 4.98. The predicted octanol–water partition coefficient (Wildman–Crippen LogP) is 3.22. The maximum absolute atomic E-state index is 6.27. The van der Waals surface area contributed by atoms with Gasteiger partial charge in [0.25, 0.3) is 0 Å². The molecule has 17 heavy (non-hydrogen) atoms. The summed E-state index contributed by atoms with van der Waals surface area (Å²) in [6.07, 6.45) is 6.79. The summed E-state index contributed by atoms with van der Waals surface area (Å²) in [5.41, 5.74) is 8.75. The Labute approximate surface area is 102 Å². The van der Waals surface area contributed by atoms with Gasteiger partial charge in [0.2, 0.25) is 0 Å². The molecule has 0 amide bonds. The summed E-state index contributed by atoms with van der Waals surface area (Å²) < 4.78 is 0. The minimum atomic E-state index is 0.302. The van der Waals surface area contributed by atoms with E-state index >= 15 is 0 Å². The van der Waals surface area contributed by atoms with Gasteiger partial charge in [0.1, 0.15) is 0 Å². The van der Waals surface area contributed by atoms with Crippen LogP contribution >= 0.6 is 0 Å². The van der Waals surface area contributed by atoms with Gasteiger partial charge in [-0.1, -0.05) is 37.1 Å². The molecule has 3 rings (SSSR count). The van der Waals surface area contributed by atoms with Gasteiger partial charge in [-0.15, -0.1) is 0 Å². The molecule has 0 saturated heterocycles. The van der Waals surface area contributed by atoms with Crippen molar-refractivity contribution in [3.63, 3.8) is 0 Å². The minimum absolute atomic E-state index is 0.302. The molecule has 1 aliphatic rings. The summed E-state index contributed by atoms with van der Waals surface area (Å²) in [7, 11) is 0. The van der Waals surface area contributed by atoms with Crippen molar-refractivity contribution in [2.75, 3.05) is 0 Å². The van der Waals surface area contributed by atoms with Crippen molar-refractivity contribution < 1.29 is 0 Å². The van der Waals surface area contributed by atoms with Gasteiger partial charge in [-0.3, -0.25) is 4.98 Å². The average molecular weight is 226 g/mol. The van der Waals surface area contributed by atoms with Crippen molar-refractivity contribution in [3.05, 3.63) is 42.1 Å². The molecule has 0 spiro atoms. The van der Waals surface area contributed by atoms with Crippen LogP contribution in [0.5, 0.6) is 0 Å². The normalized spacial score (nSPS) is 25.0. The van der Waals surface area contributed by atoms with Crippen LogP contribution in [0.3, 0.4) is 0 Å². The van der Waals surface area contributed by atoms with Gasteiger partial charge in [0, 0.05) is 23.5 Å². The van der Waals surface area contributed by atoms with Crippen LogP contribution in [-0.2, 0) is 0 Å². The van der Waals surface area contributed by atoms with E-state index in [-0.39, 0.29) is 0 Å². The lowest BCUT2D eigenvalue weighted by Gasteiger charge is -2.29. The molecule has 0 bridgehead atoms. The van der Waals surface area contributed by atoms with Crippen LogP contribution in [0.4, 0.5) is 0 Å². The first-order valence-corrected chi connectivity index (χ1v) is 6.45. The number of benzene rings is 1. The van der Waals surface area contributed by atoms with E-state index < -0.39 is 0 Å². The number of aromatic nitrogens is 1. The summed E-state index contributed by atoms with van der Waals surface area (Å²) >= 11 is 0. The van der Waals surface area contributed by atoms with Crippen molar-refractivity contribution in [1.82, 2.24) is 4.98 Å². The first-order valence-electron chi connectivity index (χ1n) is 6.45. The molecule has 2 unspecified atom stereocenters. The zero-order chi connectivity index (χ0) is 11.7. The van der Waals surface area contributed by atoms with Gasteiger partial charge in [-0.05, 0) is 24.5 Å². The van der Waals surface area contributed by atoms with E-state index in [0.717, 1.165) is 11.9 Å². The Morgan fingerprint density at radius 1 is 1.06 bits per heavy atom. The van der Waals surface area contributed by atoms with E-state index in [0.29, 0.717) is 12.0 Å². The largest absolute Gasteiger partial charge is 0.327 e. The van der Waals surface area contributed by atoms with Crippen molar-refractivity contribution in [1.29, 1.82) is 0 Å².